The van der Waals surface area contributed by atoms with Crippen LogP contribution in [0.1, 0.15) is 35.6 Å². The van der Waals surface area contributed by atoms with E-state index in [2.05, 4.69) is 16.4 Å². The fraction of sp³-hybridized carbons (Fsp3) is 0.308. The molecule has 0 spiro atoms. The van der Waals surface area contributed by atoms with E-state index < -0.39 is 47.0 Å². The fourth-order valence-electron chi connectivity index (χ4n) is 4.46. The van der Waals surface area contributed by atoms with Crippen molar-refractivity contribution in [2.24, 2.45) is 5.92 Å². The van der Waals surface area contributed by atoms with Gasteiger partial charge in [0.1, 0.15) is 17.1 Å². The van der Waals surface area contributed by atoms with Gasteiger partial charge >= 0.3 is 12.5 Å². The summed E-state index contributed by atoms with van der Waals surface area (Å²) in [5.41, 5.74) is 1.96. The highest BCUT2D eigenvalue weighted by Gasteiger charge is 2.41. The van der Waals surface area contributed by atoms with Crippen molar-refractivity contribution >= 4 is 0 Å². The first kappa shape index (κ1) is 25.8. The van der Waals surface area contributed by atoms with Gasteiger partial charge < -0.3 is 9.47 Å². The number of hydrogen-bond donors (Lipinski definition) is 0. The van der Waals surface area contributed by atoms with Crippen LogP contribution in [-0.4, -0.2) is 6.36 Å². The molecule has 4 rings (SSSR count). The van der Waals surface area contributed by atoms with Gasteiger partial charge in [-0.1, -0.05) is 37.6 Å². The first-order valence-corrected chi connectivity index (χ1v) is 11.0. The molecule has 3 aromatic carbocycles. The molecule has 0 radical (unpaired) electrons. The molecule has 1 unspecified atom stereocenters. The summed E-state index contributed by atoms with van der Waals surface area (Å²) >= 11 is 0. The van der Waals surface area contributed by atoms with E-state index in [9.17, 15) is 35.1 Å². The minimum absolute atomic E-state index is 0.0911. The molecular formula is C26H20F8O2. The Hall–Kier alpha value is -3.30. The van der Waals surface area contributed by atoms with Gasteiger partial charge in [-0.15, -0.1) is 13.2 Å². The summed E-state index contributed by atoms with van der Waals surface area (Å²) in [6.45, 7) is 3.33. The number of rotatable bonds is 6. The van der Waals surface area contributed by atoms with Crippen molar-refractivity contribution < 1.29 is 44.6 Å². The molecule has 0 saturated heterocycles. The Morgan fingerprint density at radius 1 is 0.778 bits per heavy atom. The van der Waals surface area contributed by atoms with Crippen molar-refractivity contribution in [2.75, 3.05) is 0 Å². The summed E-state index contributed by atoms with van der Waals surface area (Å²) in [4.78, 5) is 0. The molecule has 0 N–H and O–H groups in total. The predicted octanol–water partition coefficient (Wildman–Crippen LogP) is 8.23. The third kappa shape index (κ3) is 5.27. The number of aryl methyl sites for hydroxylation is 1. The summed E-state index contributed by atoms with van der Waals surface area (Å²) in [7, 11) is 0. The molecule has 36 heavy (non-hydrogen) atoms. The molecule has 0 fully saturated rings. The Kier molecular flexibility index (Phi) is 6.66. The molecule has 1 aliphatic rings. The number of benzene rings is 3. The van der Waals surface area contributed by atoms with Crippen LogP contribution in [0.15, 0.2) is 42.5 Å². The quantitative estimate of drug-likeness (QED) is 0.307. The van der Waals surface area contributed by atoms with Crippen molar-refractivity contribution in [1.82, 2.24) is 0 Å². The zero-order valence-corrected chi connectivity index (χ0v) is 19.1. The maximum Gasteiger partial charge on any atom is 0.573 e. The summed E-state index contributed by atoms with van der Waals surface area (Å²) in [5.74, 6) is -7.63. The molecule has 0 aromatic heterocycles. The van der Waals surface area contributed by atoms with Gasteiger partial charge in [-0.2, -0.15) is 8.78 Å². The van der Waals surface area contributed by atoms with E-state index in [-0.39, 0.29) is 17.7 Å². The first-order valence-electron chi connectivity index (χ1n) is 11.0. The van der Waals surface area contributed by atoms with E-state index in [0.717, 1.165) is 30.9 Å². The monoisotopic (exact) mass is 516 g/mol. The Morgan fingerprint density at radius 2 is 1.42 bits per heavy atom. The molecule has 3 aromatic rings. The lowest BCUT2D eigenvalue weighted by atomic mass is 9.96. The molecule has 2 nitrogen and oxygen atoms in total. The maximum absolute atomic E-state index is 14.9. The van der Waals surface area contributed by atoms with Gasteiger partial charge in [-0.25, -0.2) is 13.2 Å². The van der Waals surface area contributed by atoms with Crippen molar-refractivity contribution in [3.05, 3.63) is 82.2 Å². The highest BCUT2D eigenvalue weighted by Crippen LogP contribution is 2.40. The van der Waals surface area contributed by atoms with Crippen LogP contribution >= 0.6 is 0 Å². The molecule has 1 aliphatic carbocycles. The summed E-state index contributed by atoms with van der Waals surface area (Å²) < 4.78 is 117. The van der Waals surface area contributed by atoms with Crippen LogP contribution in [-0.2, 0) is 19.0 Å². The standard InChI is InChI=1S/C26H20F8O2/c1-3-14-7-15-4-5-16(9-18(15)8-14)17-6-13(2)23(20(27)10-17)25(30,31)35-19-11-21(28)24(22(29)12-19)36-26(32,33)34/h4-6,9-12,14H,3,7-8H2,1-2H3. The van der Waals surface area contributed by atoms with Crippen LogP contribution < -0.4 is 9.47 Å². The smallest absolute Gasteiger partial charge is 0.429 e. The normalized spacial score (nSPS) is 15.7. The van der Waals surface area contributed by atoms with Crippen LogP contribution in [0.4, 0.5) is 35.1 Å². The lowest BCUT2D eigenvalue weighted by molar-refractivity contribution is -0.276. The molecule has 0 saturated carbocycles. The molecule has 1 atom stereocenters. The molecular weight excluding hydrogens is 496 g/mol. The van der Waals surface area contributed by atoms with Gasteiger partial charge in [0.05, 0.1) is 0 Å². The maximum atomic E-state index is 14.9. The SMILES string of the molecule is CCC1Cc2ccc(-c3cc(C)c(C(F)(F)Oc4cc(F)c(OC(F)(F)F)c(F)c4)c(F)c3)cc2C1. The van der Waals surface area contributed by atoms with Crippen LogP contribution in [0.2, 0.25) is 0 Å². The Labute approximate surface area is 201 Å². The van der Waals surface area contributed by atoms with E-state index in [1.54, 1.807) is 6.07 Å². The molecule has 0 aliphatic heterocycles. The number of alkyl halides is 5. The number of hydrogen-bond acceptors (Lipinski definition) is 2. The highest BCUT2D eigenvalue weighted by atomic mass is 19.4. The van der Waals surface area contributed by atoms with Gasteiger partial charge in [-0.05, 0) is 59.6 Å². The first-order chi connectivity index (χ1) is 16.8. The zero-order valence-electron chi connectivity index (χ0n) is 19.1. The predicted molar refractivity (Wildman–Crippen MR) is 115 cm³/mol. The van der Waals surface area contributed by atoms with Crippen molar-refractivity contribution in [3.8, 4) is 22.6 Å². The average molecular weight is 516 g/mol. The van der Waals surface area contributed by atoms with Gasteiger partial charge in [0, 0.05) is 12.1 Å². The molecule has 10 heteroatoms. The van der Waals surface area contributed by atoms with E-state index >= 15 is 0 Å². The van der Waals surface area contributed by atoms with Crippen molar-refractivity contribution in [3.63, 3.8) is 0 Å². The second-order valence-corrected chi connectivity index (χ2v) is 8.70. The Bertz CT molecular complexity index is 1250. The van der Waals surface area contributed by atoms with Crippen LogP contribution in [0.5, 0.6) is 11.5 Å². The van der Waals surface area contributed by atoms with Crippen LogP contribution in [0.25, 0.3) is 11.1 Å². The Morgan fingerprint density at radius 3 is 2.00 bits per heavy atom. The number of fused-ring (bicyclic) bond motifs is 1. The van der Waals surface area contributed by atoms with E-state index in [1.807, 2.05) is 12.1 Å². The van der Waals surface area contributed by atoms with E-state index in [0.29, 0.717) is 17.0 Å². The van der Waals surface area contributed by atoms with Gasteiger partial charge in [-0.3, -0.25) is 0 Å². The van der Waals surface area contributed by atoms with Gasteiger partial charge in [0.15, 0.2) is 11.6 Å². The largest absolute Gasteiger partial charge is 0.573 e. The van der Waals surface area contributed by atoms with Crippen LogP contribution in [0, 0.1) is 30.3 Å². The average Bonchev–Trinajstić information content (AvgIpc) is 3.17. The molecule has 192 valence electrons. The lowest BCUT2D eigenvalue weighted by Gasteiger charge is -2.22. The third-order valence-corrected chi connectivity index (χ3v) is 6.15. The molecule has 0 amide bonds. The molecule has 0 heterocycles. The van der Waals surface area contributed by atoms with E-state index in [4.69, 9.17) is 0 Å². The van der Waals surface area contributed by atoms with E-state index in [1.165, 1.54) is 18.6 Å². The Balaban J connectivity index is 1.62. The molecule has 0 bridgehead atoms. The second kappa shape index (κ2) is 9.29. The minimum atomic E-state index is -5.41. The third-order valence-electron chi connectivity index (χ3n) is 6.15. The van der Waals surface area contributed by atoms with Crippen LogP contribution in [0.3, 0.4) is 0 Å². The number of ether oxygens (including phenoxy) is 2. The van der Waals surface area contributed by atoms with Crippen molar-refractivity contribution in [1.29, 1.82) is 0 Å². The number of halogens is 8. The minimum Gasteiger partial charge on any atom is -0.429 e. The summed E-state index contributed by atoms with van der Waals surface area (Å²) in [6, 6.07) is 8.06. The summed E-state index contributed by atoms with van der Waals surface area (Å²) in [6.07, 6.45) is -6.96. The highest BCUT2D eigenvalue weighted by molar-refractivity contribution is 5.67. The van der Waals surface area contributed by atoms with Crippen molar-refractivity contribution in [2.45, 2.75) is 45.6 Å². The van der Waals surface area contributed by atoms with Gasteiger partial charge in [0.2, 0.25) is 5.75 Å². The second-order valence-electron chi connectivity index (χ2n) is 8.70. The topological polar surface area (TPSA) is 18.5 Å². The van der Waals surface area contributed by atoms with Gasteiger partial charge in [0.25, 0.3) is 0 Å². The zero-order chi connectivity index (χ0) is 26.4. The fourth-order valence-corrected chi connectivity index (χ4v) is 4.46. The summed E-state index contributed by atoms with van der Waals surface area (Å²) in [5, 5.41) is 0. The lowest BCUT2D eigenvalue weighted by Crippen LogP contribution is -2.25.